The van der Waals surface area contributed by atoms with E-state index in [4.69, 9.17) is 19.4 Å². The average Bonchev–Trinajstić information content (AvgIpc) is 2.78. The number of H-pyrrole nitrogens is 1. The number of nitrogens with zero attached hydrogens (tertiary/aromatic N) is 2. The van der Waals surface area contributed by atoms with Crippen LogP contribution in [0, 0.1) is 6.92 Å². The Hall–Kier alpha value is -3.72. The Balaban J connectivity index is 0.000000858. The molecule has 1 fully saturated rings. The molecule has 0 unspecified atom stereocenters. The summed E-state index contributed by atoms with van der Waals surface area (Å²) in [7, 11) is 0. The average molecular weight is 425 g/mol. The number of hydrogen-bond donors (Lipinski definition) is 2. The van der Waals surface area contributed by atoms with Gasteiger partial charge in [-0.2, -0.15) is 0 Å². The van der Waals surface area contributed by atoms with Crippen molar-refractivity contribution in [3.63, 3.8) is 0 Å². The van der Waals surface area contributed by atoms with Crippen LogP contribution in [0.25, 0.3) is 22.2 Å². The summed E-state index contributed by atoms with van der Waals surface area (Å²) in [6, 6.07) is 11.0. The van der Waals surface area contributed by atoms with E-state index in [0.717, 1.165) is 16.5 Å². The number of benzene rings is 1. The number of morpholine rings is 1. The lowest BCUT2D eigenvalue weighted by molar-refractivity contribution is -0.137. The molecule has 1 aliphatic heterocycles. The van der Waals surface area contributed by atoms with Gasteiger partial charge in [0.2, 0.25) is 0 Å². The molecular weight excluding hydrogens is 402 g/mol. The van der Waals surface area contributed by atoms with E-state index in [1.54, 1.807) is 29.3 Å². The molecule has 9 heteroatoms. The van der Waals surface area contributed by atoms with Gasteiger partial charge < -0.3 is 24.5 Å². The zero-order valence-electron chi connectivity index (χ0n) is 17.0. The largest absolute Gasteiger partial charge is 0.484 e. The molecule has 4 rings (SSSR count). The number of rotatable bonds is 4. The maximum atomic E-state index is 12.3. The highest BCUT2D eigenvalue weighted by Crippen LogP contribution is 2.26. The van der Waals surface area contributed by atoms with Gasteiger partial charge in [-0.25, -0.2) is 4.98 Å². The first kappa shape index (κ1) is 22.0. The van der Waals surface area contributed by atoms with Crippen molar-refractivity contribution in [1.29, 1.82) is 0 Å². The molecule has 1 aromatic carbocycles. The molecule has 1 amide bonds. The number of amides is 1. The fraction of sp³-hybridized carbons (Fsp3) is 0.273. The minimum atomic E-state index is -0.250. The fourth-order valence-corrected chi connectivity index (χ4v) is 3.28. The van der Waals surface area contributed by atoms with Crippen molar-refractivity contribution >= 4 is 23.3 Å². The van der Waals surface area contributed by atoms with E-state index in [-0.39, 0.29) is 24.5 Å². The van der Waals surface area contributed by atoms with E-state index in [9.17, 15) is 9.59 Å². The first-order chi connectivity index (χ1) is 15.0. The van der Waals surface area contributed by atoms with E-state index < -0.39 is 0 Å². The van der Waals surface area contributed by atoms with Crippen molar-refractivity contribution in [2.45, 2.75) is 6.92 Å². The van der Waals surface area contributed by atoms with E-state index in [2.05, 4.69) is 9.97 Å². The van der Waals surface area contributed by atoms with Gasteiger partial charge in [0, 0.05) is 30.7 Å². The molecule has 0 spiro atoms. The molecule has 0 aliphatic carbocycles. The number of aromatic nitrogens is 2. The minimum absolute atomic E-state index is 0.0253. The highest BCUT2D eigenvalue weighted by molar-refractivity contribution is 5.86. The Kier molecular flexibility index (Phi) is 7.34. The topological polar surface area (TPSA) is 122 Å². The molecule has 9 nitrogen and oxygen atoms in total. The number of carbonyl (C=O) groups excluding carboxylic acids is 1. The summed E-state index contributed by atoms with van der Waals surface area (Å²) in [6.45, 7) is 4.01. The second kappa shape index (κ2) is 10.4. The van der Waals surface area contributed by atoms with Gasteiger partial charge in [0.1, 0.15) is 5.75 Å². The van der Waals surface area contributed by atoms with Crippen molar-refractivity contribution in [2.75, 3.05) is 32.9 Å². The lowest BCUT2D eigenvalue weighted by Crippen LogP contribution is -2.42. The van der Waals surface area contributed by atoms with E-state index in [1.165, 1.54) is 0 Å². The summed E-state index contributed by atoms with van der Waals surface area (Å²) in [4.78, 5) is 41.8. The van der Waals surface area contributed by atoms with Crippen molar-refractivity contribution in [3.8, 4) is 17.0 Å². The molecule has 3 heterocycles. The molecule has 1 saturated heterocycles. The molecule has 2 N–H and O–H groups in total. The molecule has 0 bridgehead atoms. The number of ether oxygens (including phenoxy) is 2. The number of aromatic amines is 1. The van der Waals surface area contributed by atoms with E-state index in [1.807, 2.05) is 25.1 Å². The number of hydrogen-bond acceptors (Lipinski definition) is 6. The SMILES string of the molecule is Cc1cc(-c2ccc[nH]c2=O)nc2cc(OCC(=O)N3CCOCC3)ccc12.O=CO. The third-order valence-corrected chi connectivity index (χ3v) is 4.81. The predicted molar refractivity (Wildman–Crippen MR) is 114 cm³/mol. The van der Waals surface area contributed by atoms with Crippen LogP contribution < -0.4 is 10.3 Å². The fourth-order valence-electron chi connectivity index (χ4n) is 3.28. The summed E-state index contributed by atoms with van der Waals surface area (Å²) in [5.41, 5.74) is 2.67. The number of pyridine rings is 2. The molecule has 3 aromatic rings. The number of nitrogens with one attached hydrogen (secondary N) is 1. The number of aryl methyl sites for hydroxylation is 1. The van der Waals surface area contributed by atoms with Crippen LogP contribution in [0.2, 0.25) is 0 Å². The Labute approximate surface area is 178 Å². The minimum Gasteiger partial charge on any atom is -0.484 e. The normalized spacial score (nSPS) is 13.3. The van der Waals surface area contributed by atoms with Crippen LogP contribution in [0.1, 0.15) is 5.56 Å². The smallest absolute Gasteiger partial charge is 0.290 e. The molecule has 2 aromatic heterocycles. The second-order valence-corrected chi connectivity index (χ2v) is 6.80. The second-order valence-electron chi connectivity index (χ2n) is 6.80. The van der Waals surface area contributed by atoms with E-state index >= 15 is 0 Å². The van der Waals surface area contributed by atoms with Crippen LogP contribution in [0.4, 0.5) is 0 Å². The lowest BCUT2D eigenvalue weighted by atomic mass is 10.1. The van der Waals surface area contributed by atoms with Gasteiger partial charge in [0.05, 0.1) is 30.0 Å². The zero-order valence-corrected chi connectivity index (χ0v) is 17.0. The summed E-state index contributed by atoms with van der Waals surface area (Å²) >= 11 is 0. The zero-order chi connectivity index (χ0) is 22.2. The highest BCUT2D eigenvalue weighted by atomic mass is 16.5. The lowest BCUT2D eigenvalue weighted by Gasteiger charge is -2.26. The van der Waals surface area contributed by atoms with Crippen LogP contribution >= 0.6 is 0 Å². The maximum absolute atomic E-state index is 12.3. The maximum Gasteiger partial charge on any atom is 0.290 e. The Morgan fingerprint density at radius 3 is 2.74 bits per heavy atom. The van der Waals surface area contributed by atoms with Gasteiger partial charge in [-0.15, -0.1) is 0 Å². The number of carboxylic acid groups (broad SMARTS) is 1. The van der Waals surface area contributed by atoms with Crippen molar-refractivity contribution in [1.82, 2.24) is 14.9 Å². The van der Waals surface area contributed by atoms with Gasteiger partial charge >= 0.3 is 0 Å². The summed E-state index contributed by atoms with van der Waals surface area (Å²) < 4.78 is 11.0. The van der Waals surface area contributed by atoms with Crippen molar-refractivity contribution in [2.24, 2.45) is 0 Å². The number of carbonyl (C=O) groups is 2. The first-order valence-electron chi connectivity index (χ1n) is 9.69. The van der Waals surface area contributed by atoms with E-state index in [0.29, 0.717) is 43.3 Å². The monoisotopic (exact) mass is 425 g/mol. The van der Waals surface area contributed by atoms with Crippen molar-refractivity contribution < 1.29 is 24.2 Å². The molecule has 162 valence electrons. The quantitative estimate of drug-likeness (QED) is 0.612. The molecule has 31 heavy (non-hydrogen) atoms. The first-order valence-corrected chi connectivity index (χ1v) is 9.69. The van der Waals surface area contributed by atoms with Crippen LogP contribution in [-0.4, -0.2) is 65.3 Å². The Morgan fingerprint density at radius 1 is 1.29 bits per heavy atom. The summed E-state index contributed by atoms with van der Waals surface area (Å²) in [6.07, 6.45) is 1.59. The van der Waals surface area contributed by atoms with Gasteiger partial charge in [-0.1, -0.05) is 0 Å². The molecule has 0 atom stereocenters. The van der Waals surface area contributed by atoms with Crippen LogP contribution in [-0.2, 0) is 14.3 Å². The highest BCUT2D eigenvalue weighted by Gasteiger charge is 2.17. The van der Waals surface area contributed by atoms with Gasteiger partial charge in [-0.05, 0) is 42.8 Å². The van der Waals surface area contributed by atoms with Crippen LogP contribution in [0.3, 0.4) is 0 Å². The van der Waals surface area contributed by atoms with Gasteiger partial charge in [-0.3, -0.25) is 14.4 Å². The van der Waals surface area contributed by atoms with Crippen LogP contribution in [0.5, 0.6) is 5.75 Å². The molecule has 1 aliphatic rings. The summed E-state index contributed by atoms with van der Waals surface area (Å²) in [5, 5.41) is 7.86. The predicted octanol–water partition coefficient (Wildman–Crippen LogP) is 1.84. The molecule has 0 saturated carbocycles. The third kappa shape index (κ3) is 5.46. The standard InChI is InChI=1S/C21H21N3O4.CH2O2/c1-14-11-18(17-3-2-6-22-21(17)26)23-19-12-15(4-5-16(14)19)28-13-20(25)24-7-9-27-10-8-24;2-1-3/h2-6,11-12H,7-10,13H2,1H3,(H,22,26);1H,(H,2,3). The van der Waals surface area contributed by atoms with Gasteiger partial charge in [0.15, 0.2) is 6.61 Å². The third-order valence-electron chi connectivity index (χ3n) is 4.81. The summed E-state index contributed by atoms with van der Waals surface area (Å²) in [5.74, 6) is 0.511. The van der Waals surface area contributed by atoms with Gasteiger partial charge in [0.25, 0.3) is 17.9 Å². The van der Waals surface area contributed by atoms with Crippen LogP contribution in [0.15, 0.2) is 47.4 Å². The van der Waals surface area contributed by atoms with Crippen molar-refractivity contribution in [3.05, 3.63) is 58.5 Å². The Bertz CT molecular complexity index is 1120. The number of fused-ring (bicyclic) bond motifs is 1. The molecule has 0 radical (unpaired) electrons. The Morgan fingerprint density at radius 2 is 2.03 bits per heavy atom. The molecular formula is C22H23N3O6.